The number of nitrogens with two attached hydrogens (primary N) is 4. The number of aromatic nitrogens is 10. The number of nitrogens with one attached hydrogen (secondary N) is 5. The third kappa shape index (κ3) is 10.8. The maximum atomic E-state index is 7.83. The molecule has 0 radical (unpaired) electrons. The number of hydrogen-bond donors (Lipinski definition) is 7. The second kappa shape index (κ2) is 15.6. The highest BCUT2D eigenvalue weighted by Gasteiger charge is 2.02. The first kappa shape index (κ1) is 27.9. The van der Waals surface area contributed by atoms with E-state index in [0.717, 1.165) is 0 Å². The van der Waals surface area contributed by atoms with Gasteiger partial charge in [-0.1, -0.05) is 0 Å². The first-order chi connectivity index (χ1) is 16.9. The van der Waals surface area contributed by atoms with Gasteiger partial charge in [0.25, 0.3) is 0 Å². The summed E-state index contributed by atoms with van der Waals surface area (Å²) in [6, 6.07) is 1.75. The summed E-state index contributed by atoms with van der Waals surface area (Å²) >= 11 is 2.83. The monoisotopic (exact) mass is 504 g/mol. The molecule has 0 amide bonds. The number of aryl methyl sites for hydroxylation is 2. The van der Waals surface area contributed by atoms with Crippen LogP contribution < -0.4 is 32.9 Å². The molecule has 0 bridgehead atoms. The normalized spacial score (nSPS) is 9.43. The fourth-order valence-electron chi connectivity index (χ4n) is 1.92. The lowest BCUT2D eigenvalue weighted by atomic mass is 10.5. The number of anilines is 4. The van der Waals surface area contributed by atoms with Crippen LogP contribution in [0.2, 0.25) is 0 Å². The number of hydrogen-bond acceptors (Lipinski definition) is 11. The number of nitrogens with zero attached hydrogens (tertiary/aromatic N) is 7. The van der Waals surface area contributed by atoms with Gasteiger partial charge in [0.1, 0.15) is 17.3 Å². The molecule has 5 heterocycles. The van der Waals surface area contributed by atoms with Gasteiger partial charge in [-0.15, -0.1) is 10.2 Å². The van der Waals surface area contributed by atoms with Crippen LogP contribution in [0.3, 0.4) is 0 Å². The molecular formula is C17H28N16OS+2. The molecule has 0 spiro atoms. The molecule has 18 heteroatoms. The summed E-state index contributed by atoms with van der Waals surface area (Å²) in [5, 5.41) is 15.5. The number of aromatic amines is 5. The van der Waals surface area contributed by atoms with E-state index in [1.165, 1.54) is 4.68 Å². The zero-order valence-electron chi connectivity index (χ0n) is 19.0. The summed E-state index contributed by atoms with van der Waals surface area (Å²) in [5.41, 5.74) is 21.9. The van der Waals surface area contributed by atoms with E-state index >= 15 is 0 Å². The maximum absolute atomic E-state index is 7.83. The molecule has 0 aliphatic heterocycles. The minimum Gasteiger partial charge on any atom is -0.384 e. The van der Waals surface area contributed by atoms with Crippen molar-refractivity contribution in [3.05, 3.63) is 55.6 Å². The zero-order valence-corrected chi connectivity index (χ0v) is 19.8. The van der Waals surface area contributed by atoms with E-state index in [0.29, 0.717) is 35.2 Å². The van der Waals surface area contributed by atoms with Gasteiger partial charge >= 0.3 is 11.9 Å². The Morgan fingerprint density at radius 2 is 1.49 bits per heavy atom. The Kier molecular flexibility index (Phi) is 12.5. The molecule has 35 heavy (non-hydrogen) atoms. The lowest BCUT2D eigenvalue weighted by Gasteiger charge is -1.91. The summed E-state index contributed by atoms with van der Waals surface area (Å²) in [6.45, 7) is 0. The van der Waals surface area contributed by atoms with Gasteiger partial charge in [-0.2, -0.15) is 14.4 Å². The van der Waals surface area contributed by atoms with Crippen LogP contribution in [-0.2, 0) is 26.6 Å². The highest BCUT2D eigenvalue weighted by atomic mass is 32.1. The van der Waals surface area contributed by atoms with Crippen molar-refractivity contribution in [2.24, 2.45) is 24.3 Å². The van der Waals surface area contributed by atoms with Crippen molar-refractivity contribution < 1.29 is 14.2 Å². The van der Waals surface area contributed by atoms with E-state index in [9.17, 15) is 0 Å². The largest absolute Gasteiger partial charge is 0.384 e. The summed E-state index contributed by atoms with van der Waals surface area (Å²) in [6.07, 6.45) is 13.4. The van der Waals surface area contributed by atoms with Gasteiger partial charge in [0, 0.05) is 26.5 Å². The smallest absolute Gasteiger partial charge is 0.350 e. The Morgan fingerprint density at radius 3 is 1.77 bits per heavy atom. The lowest BCUT2D eigenvalue weighted by Crippen LogP contribution is -2.03. The highest BCUT2D eigenvalue weighted by molar-refractivity contribution is 7.44. The van der Waals surface area contributed by atoms with E-state index in [1.54, 1.807) is 74.4 Å². The molecule has 0 saturated carbocycles. The maximum Gasteiger partial charge on any atom is 0.350 e. The number of azo groups is 1. The van der Waals surface area contributed by atoms with E-state index < -0.39 is 0 Å². The Bertz CT molecular complexity index is 1140. The predicted octanol–water partition coefficient (Wildman–Crippen LogP) is -0.371. The Hall–Kier alpha value is -5.13. The highest BCUT2D eigenvalue weighted by Crippen LogP contribution is 2.21. The van der Waals surface area contributed by atoms with Crippen LogP contribution in [0.15, 0.2) is 65.9 Å². The quantitative estimate of drug-likeness (QED) is 0.154. The molecule has 0 atom stereocenters. The van der Waals surface area contributed by atoms with Crippen molar-refractivity contribution in [1.29, 1.82) is 0 Å². The van der Waals surface area contributed by atoms with E-state index in [4.69, 9.17) is 27.1 Å². The van der Waals surface area contributed by atoms with Crippen molar-refractivity contribution >= 4 is 47.7 Å². The standard InChI is InChI=1S/C7H9N7.C4H7N3.2C3H5N3.OS/c1-14-6(8)5(4-11-14)12-13-7-9-2-3-10-7;1-7-4(5)2-3-6-7;2*4-3-5-1-2-6-3;1-2/h2-4H,8H2,1H3,(H,9,10);2-3H,5H2,1H3;2*1-2H,(H3,4,5,6);/p+2. The average Bonchev–Trinajstić information content (AvgIpc) is 3.69. The molecular weight excluding hydrogens is 476 g/mol. The predicted molar refractivity (Wildman–Crippen MR) is 130 cm³/mol. The van der Waals surface area contributed by atoms with Crippen molar-refractivity contribution in [2.45, 2.75) is 0 Å². The fraction of sp³-hybridized carbons (Fsp3) is 0.118. The number of H-pyrrole nitrogens is 5. The van der Waals surface area contributed by atoms with Gasteiger partial charge in [0.05, 0.1) is 37.2 Å². The molecule has 0 saturated heterocycles. The van der Waals surface area contributed by atoms with Gasteiger partial charge in [-0.05, 0) is 6.07 Å². The topological polar surface area (TPSA) is 270 Å². The minimum absolute atomic E-state index is 0.438. The SMILES string of the molecule is Cn1ncc(N=Nc2ncc[nH]2)c1N.Cn1nccc1N.Nc1[nH]cc[nH+]1.Nc1[nH]cc[nH+]1.O=S. The van der Waals surface area contributed by atoms with Gasteiger partial charge in [0.2, 0.25) is 5.95 Å². The second-order valence-corrected chi connectivity index (χ2v) is 6.10. The summed E-state index contributed by atoms with van der Waals surface area (Å²) in [7, 11) is 3.54. The van der Waals surface area contributed by atoms with E-state index in [1.807, 2.05) is 0 Å². The number of rotatable bonds is 2. The Labute approximate surface area is 204 Å². The summed E-state index contributed by atoms with van der Waals surface area (Å²) in [4.78, 5) is 17.6. The van der Waals surface area contributed by atoms with E-state index in [-0.39, 0.29) is 0 Å². The number of nitrogen functional groups attached to an aromatic ring is 4. The van der Waals surface area contributed by atoms with Crippen molar-refractivity contribution in [1.82, 2.24) is 39.5 Å². The molecule has 5 aromatic rings. The van der Waals surface area contributed by atoms with Gasteiger partial charge in [-0.25, -0.2) is 24.9 Å². The third-order valence-corrected chi connectivity index (χ3v) is 3.68. The fourth-order valence-corrected chi connectivity index (χ4v) is 1.92. The van der Waals surface area contributed by atoms with Gasteiger partial charge in [0.15, 0.2) is 12.5 Å². The van der Waals surface area contributed by atoms with Crippen LogP contribution in [0.1, 0.15) is 0 Å². The van der Waals surface area contributed by atoms with Crippen molar-refractivity contribution in [2.75, 3.05) is 22.9 Å². The average molecular weight is 505 g/mol. The molecule has 0 unspecified atom stereocenters. The second-order valence-electron chi connectivity index (χ2n) is 6.10. The van der Waals surface area contributed by atoms with Crippen LogP contribution in [-0.4, -0.2) is 43.7 Å². The zero-order chi connectivity index (χ0) is 26.1. The Balaban J connectivity index is 0.000000246. The van der Waals surface area contributed by atoms with Crippen LogP contribution in [0.4, 0.5) is 35.2 Å². The van der Waals surface area contributed by atoms with Crippen molar-refractivity contribution in [3.8, 4) is 0 Å². The molecule has 5 aromatic heterocycles. The first-order valence-corrected chi connectivity index (χ1v) is 9.90. The van der Waals surface area contributed by atoms with Crippen LogP contribution >= 0.6 is 0 Å². The molecule has 0 aromatic carbocycles. The van der Waals surface area contributed by atoms with Crippen LogP contribution in [0, 0.1) is 0 Å². The summed E-state index contributed by atoms with van der Waals surface area (Å²) in [5.74, 6) is 2.79. The molecule has 186 valence electrons. The van der Waals surface area contributed by atoms with Crippen molar-refractivity contribution in [3.63, 3.8) is 0 Å². The molecule has 5 rings (SSSR count). The molecule has 0 aliphatic carbocycles. The third-order valence-electron chi connectivity index (χ3n) is 3.68. The van der Waals surface area contributed by atoms with Crippen LogP contribution in [0.5, 0.6) is 0 Å². The Morgan fingerprint density at radius 1 is 0.857 bits per heavy atom. The minimum atomic E-state index is 0.438. The van der Waals surface area contributed by atoms with Gasteiger partial charge < -0.3 is 16.5 Å². The van der Waals surface area contributed by atoms with E-state index in [2.05, 4.69) is 62.9 Å². The number of imidazole rings is 3. The molecule has 17 nitrogen and oxygen atoms in total. The lowest BCUT2D eigenvalue weighted by molar-refractivity contribution is -0.358. The van der Waals surface area contributed by atoms with Gasteiger partial charge in [-0.3, -0.25) is 20.8 Å². The molecule has 0 fully saturated rings. The molecule has 0 aliphatic rings. The molecule has 13 N–H and O–H groups in total. The summed E-state index contributed by atoms with van der Waals surface area (Å²) < 4.78 is 11.0. The van der Waals surface area contributed by atoms with Crippen LogP contribution in [0.25, 0.3) is 0 Å². The first-order valence-electron chi connectivity index (χ1n) is 9.56.